The molecule has 0 aliphatic carbocycles. The van der Waals surface area contributed by atoms with Crippen molar-refractivity contribution in [1.29, 1.82) is 0 Å². The first kappa shape index (κ1) is 6.74. The Hall–Kier alpha value is -1.38. The molecule has 0 saturated carbocycles. The molecule has 1 aromatic rings. The quantitative estimate of drug-likeness (QED) is 0.563. The number of hydrogen-bond acceptors (Lipinski definition) is 2. The summed E-state index contributed by atoms with van der Waals surface area (Å²) >= 11 is 0. The number of rotatable bonds is 2. The maximum atomic E-state index is 4.02. The molecule has 3 heteroatoms. The van der Waals surface area contributed by atoms with Crippen LogP contribution in [0.25, 0.3) is 5.57 Å². The van der Waals surface area contributed by atoms with E-state index in [0.29, 0.717) is 0 Å². The number of aromatic nitrogens is 2. The highest BCUT2D eigenvalue weighted by Crippen LogP contribution is 2.07. The zero-order chi connectivity index (χ0) is 7.56. The molecule has 1 aromatic heterocycles. The summed E-state index contributed by atoms with van der Waals surface area (Å²) in [6, 6.07) is 0. The molecule has 0 aromatic carbocycles. The summed E-state index contributed by atoms with van der Waals surface area (Å²) in [7, 11) is 0. The minimum absolute atomic E-state index is 0.759. The van der Waals surface area contributed by atoms with E-state index in [2.05, 4.69) is 23.4 Å². The second kappa shape index (κ2) is 2.47. The predicted molar refractivity (Wildman–Crippen MR) is 41.9 cm³/mol. The third kappa shape index (κ3) is 0.978. The van der Waals surface area contributed by atoms with Crippen molar-refractivity contribution in [2.75, 3.05) is 0 Å². The van der Waals surface area contributed by atoms with Crippen LogP contribution < -0.4 is 0 Å². The topological polar surface area (TPSA) is 30.2 Å². The van der Waals surface area contributed by atoms with E-state index in [9.17, 15) is 0 Å². The summed E-state index contributed by atoms with van der Waals surface area (Å²) in [6.45, 7) is 8.99. The van der Waals surface area contributed by atoms with E-state index in [1.807, 2.05) is 6.92 Å². The molecule has 0 bridgehead atoms. The van der Waals surface area contributed by atoms with Gasteiger partial charge in [-0.2, -0.15) is 5.10 Å². The van der Waals surface area contributed by atoms with E-state index in [-0.39, 0.29) is 0 Å². The van der Waals surface area contributed by atoms with E-state index < -0.39 is 0 Å². The molecule has 0 spiro atoms. The molecule has 0 N–H and O–H groups in total. The van der Waals surface area contributed by atoms with Gasteiger partial charge in [0.1, 0.15) is 0 Å². The Morgan fingerprint density at radius 3 is 2.90 bits per heavy atom. The van der Waals surface area contributed by atoms with Crippen molar-refractivity contribution < 1.29 is 0 Å². The Balaban J connectivity index is 3.13. The smallest absolute Gasteiger partial charge is 0.155 e. The van der Waals surface area contributed by atoms with Gasteiger partial charge in [-0.3, -0.25) is 0 Å². The number of allylic oxidation sites excluding steroid dienone is 1. The predicted octanol–water partition coefficient (Wildman–Crippen LogP) is 1.38. The van der Waals surface area contributed by atoms with Gasteiger partial charge in [0.05, 0.1) is 0 Å². The molecule has 0 atom stereocenters. The van der Waals surface area contributed by atoms with Crippen LogP contribution in [0.1, 0.15) is 12.7 Å². The molecule has 0 fully saturated rings. The Kier molecular flexibility index (Phi) is 1.67. The highest BCUT2D eigenvalue weighted by atomic mass is 15.4. The summed E-state index contributed by atoms with van der Waals surface area (Å²) < 4.78 is 1.59. The highest BCUT2D eigenvalue weighted by molar-refractivity contribution is 5.54. The zero-order valence-electron chi connectivity index (χ0n) is 5.91. The third-order valence-corrected chi connectivity index (χ3v) is 1.16. The van der Waals surface area contributed by atoms with Gasteiger partial charge in [0.2, 0.25) is 0 Å². The summed E-state index contributed by atoms with van der Waals surface area (Å²) in [4.78, 5) is 4.02. The van der Waals surface area contributed by atoms with Gasteiger partial charge in [0.15, 0.2) is 5.82 Å². The second-order valence-corrected chi connectivity index (χ2v) is 2.02. The minimum Gasteiger partial charge on any atom is -0.235 e. The maximum absolute atomic E-state index is 4.02. The van der Waals surface area contributed by atoms with Crippen molar-refractivity contribution >= 4 is 12.3 Å². The summed E-state index contributed by atoms with van der Waals surface area (Å²) in [5.74, 6) is 0.759. The minimum atomic E-state index is 0.759. The van der Waals surface area contributed by atoms with Crippen molar-refractivity contribution in [3.05, 3.63) is 24.8 Å². The fraction of sp³-hybridized carbons (Fsp3) is 0.143. The lowest BCUT2D eigenvalue weighted by Gasteiger charge is -1.96. The summed E-state index contributed by atoms with van der Waals surface area (Å²) in [5.41, 5.74) is 0.886. The van der Waals surface area contributed by atoms with Crippen LogP contribution in [0.3, 0.4) is 0 Å². The van der Waals surface area contributed by atoms with Gasteiger partial charge >= 0.3 is 0 Å². The normalized spacial score (nSPS) is 9.30. The standard InChI is InChI=1S/C7H9N3/c1-6(2)7-9-4-5-10(7)8-3/h4-5H,1,3H2,2H3. The fourth-order valence-electron chi connectivity index (χ4n) is 0.717. The van der Waals surface area contributed by atoms with E-state index >= 15 is 0 Å². The molecule has 0 unspecified atom stereocenters. The van der Waals surface area contributed by atoms with E-state index in [1.54, 1.807) is 17.1 Å². The number of imidazole rings is 1. The second-order valence-electron chi connectivity index (χ2n) is 2.02. The summed E-state index contributed by atoms with van der Waals surface area (Å²) in [5, 5.41) is 3.70. The number of hydrogen-bond donors (Lipinski definition) is 0. The lowest BCUT2D eigenvalue weighted by atomic mass is 10.3. The lowest BCUT2D eigenvalue weighted by molar-refractivity contribution is 0.864. The van der Waals surface area contributed by atoms with Crippen molar-refractivity contribution in [2.45, 2.75) is 6.92 Å². The molecule has 0 aliphatic rings. The van der Waals surface area contributed by atoms with Crippen LogP contribution >= 0.6 is 0 Å². The highest BCUT2D eigenvalue weighted by Gasteiger charge is 1.98. The molecule has 1 rings (SSSR count). The van der Waals surface area contributed by atoms with Gasteiger partial charge in [-0.15, -0.1) is 0 Å². The SMILES string of the molecule is C=Nn1ccnc1C(=C)C. The van der Waals surface area contributed by atoms with Crippen LogP contribution in [0.2, 0.25) is 0 Å². The van der Waals surface area contributed by atoms with E-state index in [1.165, 1.54) is 0 Å². The Labute approximate surface area is 59.7 Å². The average molecular weight is 135 g/mol. The van der Waals surface area contributed by atoms with Crippen LogP contribution in [0.5, 0.6) is 0 Å². The molecule has 0 saturated heterocycles. The Morgan fingerprint density at radius 2 is 2.50 bits per heavy atom. The molecule has 1 heterocycles. The van der Waals surface area contributed by atoms with Gasteiger partial charge in [-0.1, -0.05) is 6.58 Å². The van der Waals surface area contributed by atoms with Gasteiger partial charge < -0.3 is 0 Å². The first-order chi connectivity index (χ1) is 4.75. The van der Waals surface area contributed by atoms with Crippen LogP contribution in [0, 0.1) is 0 Å². The molecule has 0 radical (unpaired) electrons. The molecule has 52 valence electrons. The van der Waals surface area contributed by atoms with Crippen molar-refractivity contribution in [2.24, 2.45) is 5.10 Å². The van der Waals surface area contributed by atoms with Gasteiger partial charge in [-0.05, 0) is 12.5 Å². The third-order valence-electron chi connectivity index (χ3n) is 1.16. The van der Waals surface area contributed by atoms with Crippen LogP contribution in [0.4, 0.5) is 0 Å². The fourth-order valence-corrected chi connectivity index (χ4v) is 0.717. The van der Waals surface area contributed by atoms with Crippen molar-refractivity contribution in [3.8, 4) is 0 Å². The Bertz CT molecular complexity index is 260. The van der Waals surface area contributed by atoms with Crippen molar-refractivity contribution in [3.63, 3.8) is 0 Å². The molecule has 0 aliphatic heterocycles. The molecular formula is C7H9N3. The first-order valence-electron chi connectivity index (χ1n) is 2.92. The largest absolute Gasteiger partial charge is 0.235 e. The van der Waals surface area contributed by atoms with Gasteiger partial charge in [0, 0.05) is 19.1 Å². The van der Waals surface area contributed by atoms with Crippen LogP contribution in [-0.4, -0.2) is 16.4 Å². The van der Waals surface area contributed by atoms with E-state index in [4.69, 9.17) is 0 Å². The Morgan fingerprint density at radius 1 is 1.80 bits per heavy atom. The average Bonchev–Trinajstić information content (AvgIpc) is 2.33. The zero-order valence-corrected chi connectivity index (χ0v) is 5.91. The lowest BCUT2D eigenvalue weighted by Crippen LogP contribution is -1.91. The van der Waals surface area contributed by atoms with Crippen LogP contribution in [0.15, 0.2) is 24.1 Å². The maximum Gasteiger partial charge on any atom is 0.155 e. The van der Waals surface area contributed by atoms with Gasteiger partial charge in [0.25, 0.3) is 0 Å². The first-order valence-corrected chi connectivity index (χ1v) is 2.92. The molecular weight excluding hydrogens is 126 g/mol. The van der Waals surface area contributed by atoms with Crippen LogP contribution in [-0.2, 0) is 0 Å². The summed E-state index contributed by atoms with van der Waals surface area (Å²) in [6.07, 6.45) is 3.40. The molecule has 10 heavy (non-hydrogen) atoms. The monoisotopic (exact) mass is 135 g/mol. The van der Waals surface area contributed by atoms with E-state index in [0.717, 1.165) is 11.4 Å². The van der Waals surface area contributed by atoms with Gasteiger partial charge in [-0.25, -0.2) is 9.66 Å². The molecule has 0 amide bonds. The molecule has 3 nitrogen and oxygen atoms in total. The van der Waals surface area contributed by atoms with Crippen molar-refractivity contribution in [1.82, 2.24) is 9.66 Å². The number of nitrogens with zero attached hydrogens (tertiary/aromatic N) is 3.